The first kappa shape index (κ1) is 16.0. The van der Waals surface area contributed by atoms with Crippen molar-refractivity contribution in [2.75, 3.05) is 13.6 Å². The number of rotatable bonds is 5. The lowest BCUT2D eigenvalue weighted by Gasteiger charge is -2.43. The van der Waals surface area contributed by atoms with Crippen LogP contribution in [0.25, 0.3) is 0 Å². The Labute approximate surface area is 114 Å². The smallest absolute Gasteiger partial charge is 0.0292 e. The van der Waals surface area contributed by atoms with E-state index < -0.39 is 0 Å². The predicted octanol–water partition coefficient (Wildman–Crippen LogP) is 3.65. The second-order valence-electron chi connectivity index (χ2n) is 7.33. The average molecular weight is 254 g/mol. The summed E-state index contributed by atoms with van der Waals surface area (Å²) in [7, 11) is 2.28. The fourth-order valence-electron chi connectivity index (χ4n) is 3.74. The Hall–Kier alpha value is -0.0800. The molecule has 0 aromatic carbocycles. The van der Waals surface area contributed by atoms with Gasteiger partial charge in [-0.2, -0.15) is 0 Å². The van der Waals surface area contributed by atoms with Gasteiger partial charge in [-0.1, -0.05) is 47.0 Å². The molecule has 0 saturated heterocycles. The van der Waals surface area contributed by atoms with E-state index >= 15 is 0 Å². The largest absolute Gasteiger partial charge is 0.326 e. The second kappa shape index (κ2) is 6.91. The van der Waals surface area contributed by atoms with Gasteiger partial charge in [-0.05, 0) is 37.6 Å². The van der Waals surface area contributed by atoms with Crippen LogP contribution in [0, 0.1) is 11.3 Å². The standard InChI is InChI=1S/C16H34N2/c1-6-14(17)15(16(2,3)4)18(5)12-13-10-8-7-9-11-13/h13-15H,6-12,17H2,1-5H3. The van der Waals surface area contributed by atoms with Gasteiger partial charge in [0.1, 0.15) is 0 Å². The number of likely N-dealkylation sites (N-methyl/N-ethyl adjacent to an activating group) is 1. The minimum absolute atomic E-state index is 0.263. The maximum absolute atomic E-state index is 6.37. The first-order valence-corrected chi connectivity index (χ1v) is 7.82. The normalized spacial score (nSPS) is 22.2. The van der Waals surface area contributed by atoms with Crippen molar-refractivity contribution in [3.05, 3.63) is 0 Å². The van der Waals surface area contributed by atoms with Crippen molar-refractivity contribution in [1.29, 1.82) is 0 Å². The SMILES string of the molecule is CCC(N)C(N(C)CC1CCCCC1)C(C)(C)C. The quantitative estimate of drug-likeness (QED) is 0.811. The van der Waals surface area contributed by atoms with E-state index in [0.29, 0.717) is 12.1 Å². The lowest BCUT2D eigenvalue weighted by Crippen LogP contribution is -2.54. The average Bonchev–Trinajstić information content (AvgIpc) is 2.28. The molecule has 0 spiro atoms. The molecule has 0 amide bonds. The van der Waals surface area contributed by atoms with E-state index in [0.717, 1.165) is 12.3 Å². The summed E-state index contributed by atoms with van der Waals surface area (Å²) in [5.74, 6) is 0.901. The second-order valence-corrected chi connectivity index (χ2v) is 7.33. The number of nitrogens with zero attached hydrogens (tertiary/aromatic N) is 1. The molecule has 0 aromatic rings. The summed E-state index contributed by atoms with van der Waals surface area (Å²) in [4.78, 5) is 2.55. The minimum Gasteiger partial charge on any atom is -0.326 e. The Bertz CT molecular complexity index is 226. The zero-order valence-electron chi connectivity index (χ0n) is 13.2. The van der Waals surface area contributed by atoms with Crippen LogP contribution in [0.15, 0.2) is 0 Å². The highest BCUT2D eigenvalue weighted by Gasteiger charge is 2.33. The molecule has 1 saturated carbocycles. The van der Waals surface area contributed by atoms with Gasteiger partial charge in [0, 0.05) is 18.6 Å². The number of nitrogens with two attached hydrogens (primary N) is 1. The summed E-state index contributed by atoms with van der Waals surface area (Å²) >= 11 is 0. The summed E-state index contributed by atoms with van der Waals surface area (Å²) in [5, 5.41) is 0. The Morgan fingerprint density at radius 3 is 2.17 bits per heavy atom. The molecule has 0 bridgehead atoms. The zero-order chi connectivity index (χ0) is 13.8. The summed E-state index contributed by atoms with van der Waals surface area (Å²) in [6, 6.07) is 0.781. The maximum atomic E-state index is 6.37. The highest BCUT2D eigenvalue weighted by atomic mass is 15.2. The molecule has 1 fully saturated rings. The van der Waals surface area contributed by atoms with Crippen molar-refractivity contribution in [3.8, 4) is 0 Å². The van der Waals surface area contributed by atoms with E-state index in [-0.39, 0.29) is 5.41 Å². The molecule has 0 aromatic heterocycles. The van der Waals surface area contributed by atoms with Gasteiger partial charge in [0.05, 0.1) is 0 Å². The summed E-state index contributed by atoms with van der Waals surface area (Å²) in [6.07, 6.45) is 8.20. The molecule has 0 aliphatic heterocycles. The van der Waals surface area contributed by atoms with Crippen LogP contribution in [-0.2, 0) is 0 Å². The van der Waals surface area contributed by atoms with E-state index in [2.05, 4.69) is 39.6 Å². The lowest BCUT2D eigenvalue weighted by atomic mass is 9.79. The van der Waals surface area contributed by atoms with Crippen LogP contribution in [0.5, 0.6) is 0 Å². The van der Waals surface area contributed by atoms with Crippen LogP contribution in [-0.4, -0.2) is 30.6 Å². The molecule has 1 rings (SSSR count). The van der Waals surface area contributed by atoms with Crippen LogP contribution >= 0.6 is 0 Å². The van der Waals surface area contributed by atoms with Gasteiger partial charge in [0.2, 0.25) is 0 Å². The Balaban J connectivity index is 2.60. The van der Waals surface area contributed by atoms with E-state index in [1.807, 2.05) is 0 Å². The summed E-state index contributed by atoms with van der Waals surface area (Å²) in [5.41, 5.74) is 6.63. The van der Waals surface area contributed by atoms with Gasteiger partial charge in [-0.15, -0.1) is 0 Å². The molecule has 0 radical (unpaired) electrons. The predicted molar refractivity (Wildman–Crippen MR) is 80.7 cm³/mol. The van der Waals surface area contributed by atoms with Crippen molar-refractivity contribution in [1.82, 2.24) is 4.90 Å². The molecule has 108 valence electrons. The molecular weight excluding hydrogens is 220 g/mol. The Morgan fingerprint density at radius 1 is 1.17 bits per heavy atom. The van der Waals surface area contributed by atoms with Crippen LogP contribution in [0.3, 0.4) is 0 Å². The first-order valence-electron chi connectivity index (χ1n) is 7.82. The fourth-order valence-corrected chi connectivity index (χ4v) is 3.74. The van der Waals surface area contributed by atoms with Gasteiger partial charge in [-0.25, -0.2) is 0 Å². The van der Waals surface area contributed by atoms with Gasteiger partial charge in [0.15, 0.2) is 0 Å². The molecule has 1 aliphatic rings. The van der Waals surface area contributed by atoms with Gasteiger partial charge in [-0.3, -0.25) is 0 Å². The summed E-state index contributed by atoms with van der Waals surface area (Å²) < 4.78 is 0. The third-order valence-corrected chi connectivity index (χ3v) is 4.51. The highest BCUT2D eigenvalue weighted by molar-refractivity contribution is 4.90. The highest BCUT2D eigenvalue weighted by Crippen LogP contribution is 2.30. The minimum atomic E-state index is 0.263. The van der Waals surface area contributed by atoms with Crippen molar-refractivity contribution in [2.24, 2.45) is 17.1 Å². The number of hydrogen-bond donors (Lipinski definition) is 1. The topological polar surface area (TPSA) is 29.3 Å². The molecule has 1 aliphatic carbocycles. The van der Waals surface area contributed by atoms with Crippen molar-refractivity contribution in [3.63, 3.8) is 0 Å². The maximum Gasteiger partial charge on any atom is 0.0292 e. The van der Waals surface area contributed by atoms with E-state index in [9.17, 15) is 0 Å². The Kier molecular flexibility index (Phi) is 6.13. The van der Waals surface area contributed by atoms with Crippen LogP contribution in [0.2, 0.25) is 0 Å². The van der Waals surface area contributed by atoms with Crippen LogP contribution in [0.1, 0.15) is 66.2 Å². The molecule has 0 heterocycles. The molecule has 18 heavy (non-hydrogen) atoms. The van der Waals surface area contributed by atoms with Gasteiger partial charge < -0.3 is 10.6 Å². The molecular formula is C16H34N2. The third-order valence-electron chi connectivity index (χ3n) is 4.51. The first-order chi connectivity index (χ1) is 8.36. The lowest BCUT2D eigenvalue weighted by molar-refractivity contribution is 0.0788. The molecule has 2 heteroatoms. The van der Waals surface area contributed by atoms with Gasteiger partial charge >= 0.3 is 0 Å². The fraction of sp³-hybridized carbons (Fsp3) is 1.00. The van der Waals surface area contributed by atoms with Gasteiger partial charge in [0.25, 0.3) is 0 Å². The monoisotopic (exact) mass is 254 g/mol. The van der Waals surface area contributed by atoms with Crippen LogP contribution < -0.4 is 5.73 Å². The zero-order valence-corrected chi connectivity index (χ0v) is 13.2. The summed E-state index contributed by atoms with van der Waals surface area (Å²) in [6.45, 7) is 10.4. The molecule has 2 atom stereocenters. The third kappa shape index (κ3) is 4.55. The van der Waals surface area contributed by atoms with Crippen LogP contribution in [0.4, 0.5) is 0 Å². The van der Waals surface area contributed by atoms with E-state index in [1.54, 1.807) is 0 Å². The van der Waals surface area contributed by atoms with Crippen molar-refractivity contribution < 1.29 is 0 Å². The van der Waals surface area contributed by atoms with E-state index in [1.165, 1.54) is 38.6 Å². The molecule has 2 nitrogen and oxygen atoms in total. The Morgan fingerprint density at radius 2 is 1.72 bits per heavy atom. The van der Waals surface area contributed by atoms with E-state index in [4.69, 9.17) is 5.73 Å². The van der Waals surface area contributed by atoms with Crippen molar-refractivity contribution >= 4 is 0 Å². The molecule has 2 N–H and O–H groups in total. The number of hydrogen-bond acceptors (Lipinski definition) is 2. The molecule has 2 unspecified atom stereocenters. The van der Waals surface area contributed by atoms with Crippen molar-refractivity contribution in [2.45, 2.75) is 78.3 Å².